The van der Waals surface area contributed by atoms with Crippen molar-refractivity contribution in [3.05, 3.63) is 0 Å². The van der Waals surface area contributed by atoms with Crippen LogP contribution in [0.2, 0.25) is 0 Å². The highest BCUT2D eigenvalue weighted by molar-refractivity contribution is 4.86. The van der Waals surface area contributed by atoms with Crippen LogP contribution in [0.15, 0.2) is 0 Å². The highest BCUT2D eigenvalue weighted by Crippen LogP contribution is 2.22. The summed E-state index contributed by atoms with van der Waals surface area (Å²) in [6, 6.07) is 1.11. The first-order chi connectivity index (χ1) is 8.40. The maximum Gasteiger partial charge on any atom is 0.0553 e. The normalized spacial score (nSPS) is 28.0. The second kappa shape index (κ2) is 7.46. The average Bonchev–Trinajstić information content (AvgIpc) is 2.28. The molecule has 0 bridgehead atoms. The van der Waals surface area contributed by atoms with Crippen molar-refractivity contribution in [2.45, 2.75) is 65.6 Å². The molecular formula is C15H32N2O. The Morgan fingerprint density at radius 3 is 2.33 bits per heavy atom. The van der Waals surface area contributed by atoms with E-state index in [1.54, 1.807) is 0 Å². The van der Waals surface area contributed by atoms with Gasteiger partial charge in [-0.3, -0.25) is 4.90 Å². The quantitative estimate of drug-likeness (QED) is 0.764. The van der Waals surface area contributed by atoms with E-state index in [1.165, 1.54) is 6.42 Å². The van der Waals surface area contributed by atoms with Crippen LogP contribution in [0, 0.1) is 11.8 Å². The van der Waals surface area contributed by atoms with Crippen molar-refractivity contribution in [3.8, 4) is 0 Å². The molecule has 3 nitrogen and oxygen atoms in total. The molecule has 0 aromatic carbocycles. The Labute approximate surface area is 113 Å². The van der Waals surface area contributed by atoms with Crippen molar-refractivity contribution in [2.75, 3.05) is 19.6 Å². The lowest BCUT2D eigenvalue weighted by atomic mass is 9.89. The van der Waals surface area contributed by atoms with Gasteiger partial charge in [-0.2, -0.15) is 0 Å². The zero-order valence-corrected chi connectivity index (χ0v) is 12.8. The summed E-state index contributed by atoms with van der Waals surface area (Å²) in [6.45, 7) is 14.2. The fourth-order valence-electron chi connectivity index (χ4n) is 2.67. The summed E-state index contributed by atoms with van der Waals surface area (Å²) in [7, 11) is 0. The van der Waals surface area contributed by atoms with Crippen molar-refractivity contribution in [1.82, 2.24) is 10.2 Å². The molecule has 1 rings (SSSR count). The Morgan fingerprint density at radius 1 is 1.17 bits per heavy atom. The average molecular weight is 256 g/mol. The van der Waals surface area contributed by atoms with Gasteiger partial charge in [0.1, 0.15) is 0 Å². The van der Waals surface area contributed by atoms with Gasteiger partial charge in [-0.05, 0) is 52.0 Å². The summed E-state index contributed by atoms with van der Waals surface area (Å²) < 4.78 is 0. The number of likely N-dealkylation sites (tertiary alicyclic amines) is 1. The standard InChI is InChI=1S/C15H32N2O/c1-11(2)6-7-16-15-8-14(13(5)18)9-17(10-15)12(3)4/h11-16,18H,6-10H2,1-5H3. The number of aliphatic hydroxyl groups excluding tert-OH is 1. The molecule has 108 valence electrons. The molecule has 0 radical (unpaired) electrons. The molecule has 0 aromatic rings. The number of nitrogens with one attached hydrogen (secondary N) is 1. The molecule has 1 heterocycles. The zero-order chi connectivity index (χ0) is 13.7. The van der Waals surface area contributed by atoms with Crippen LogP contribution in [0.25, 0.3) is 0 Å². The van der Waals surface area contributed by atoms with E-state index in [-0.39, 0.29) is 6.10 Å². The largest absolute Gasteiger partial charge is 0.393 e. The van der Waals surface area contributed by atoms with Crippen molar-refractivity contribution >= 4 is 0 Å². The van der Waals surface area contributed by atoms with Gasteiger partial charge in [0, 0.05) is 25.2 Å². The lowest BCUT2D eigenvalue weighted by molar-refractivity contribution is 0.0354. The monoisotopic (exact) mass is 256 g/mol. The van der Waals surface area contributed by atoms with Crippen LogP contribution in [-0.4, -0.2) is 47.8 Å². The third-order valence-electron chi connectivity index (χ3n) is 4.08. The van der Waals surface area contributed by atoms with Crippen LogP contribution >= 0.6 is 0 Å². The number of hydrogen-bond acceptors (Lipinski definition) is 3. The smallest absolute Gasteiger partial charge is 0.0553 e. The lowest BCUT2D eigenvalue weighted by Gasteiger charge is -2.41. The molecule has 1 fully saturated rings. The fourth-order valence-corrected chi connectivity index (χ4v) is 2.67. The van der Waals surface area contributed by atoms with Crippen molar-refractivity contribution in [3.63, 3.8) is 0 Å². The van der Waals surface area contributed by atoms with Crippen LogP contribution in [0.1, 0.15) is 47.5 Å². The van der Waals surface area contributed by atoms with Gasteiger partial charge in [0.25, 0.3) is 0 Å². The van der Waals surface area contributed by atoms with Crippen LogP contribution < -0.4 is 5.32 Å². The second-order valence-corrected chi connectivity index (χ2v) is 6.62. The molecule has 1 aliphatic heterocycles. The number of rotatable bonds is 6. The highest BCUT2D eigenvalue weighted by atomic mass is 16.3. The van der Waals surface area contributed by atoms with Crippen LogP contribution in [0.4, 0.5) is 0 Å². The molecule has 3 heteroatoms. The minimum atomic E-state index is -0.194. The van der Waals surface area contributed by atoms with Crippen molar-refractivity contribution in [1.29, 1.82) is 0 Å². The van der Waals surface area contributed by atoms with E-state index in [1.807, 2.05) is 6.92 Å². The fraction of sp³-hybridized carbons (Fsp3) is 1.00. The first-order valence-electron chi connectivity index (χ1n) is 7.55. The number of piperidine rings is 1. The van der Waals surface area contributed by atoms with Gasteiger partial charge in [0.2, 0.25) is 0 Å². The Morgan fingerprint density at radius 2 is 1.83 bits per heavy atom. The van der Waals surface area contributed by atoms with Gasteiger partial charge < -0.3 is 10.4 Å². The third kappa shape index (κ3) is 5.25. The summed E-state index contributed by atoms with van der Waals surface area (Å²) in [5, 5.41) is 13.5. The molecule has 0 saturated carbocycles. The molecule has 3 atom stereocenters. The Kier molecular flexibility index (Phi) is 6.61. The van der Waals surface area contributed by atoms with Gasteiger partial charge in [-0.15, -0.1) is 0 Å². The van der Waals surface area contributed by atoms with Crippen LogP contribution in [0.5, 0.6) is 0 Å². The maximum absolute atomic E-state index is 9.85. The molecule has 0 spiro atoms. The second-order valence-electron chi connectivity index (χ2n) is 6.62. The van der Waals surface area contributed by atoms with E-state index in [4.69, 9.17) is 0 Å². The molecular weight excluding hydrogens is 224 g/mol. The Hall–Kier alpha value is -0.120. The van der Waals surface area contributed by atoms with Crippen molar-refractivity contribution in [2.24, 2.45) is 11.8 Å². The van der Waals surface area contributed by atoms with Gasteiger partial charge >= 0.3 is 0 Å². The van der Waals surface area contributed by atoms with Crippen LogP contribution in [-0.2, 0) is 0 Å². The zero-order valence-electron chi connectivity index (χ0n) is 12.8. The van der Waals surface area contributed by atoms with E-state index < -0.39 is 0 Å². The van der Waals surface area contributed by atoms with E-state index in [0.717, 1.165) is 32.0 Å². The molecule has 2 N–H and O–H groups in total. The Bertz CT molecular complexity index is 213. The molecule has 3 unspecified atom stereocenters. The van der Waals surface area contributed by atoms with E-state index >= 15 is 0 Å². The van der Waals surface area contributed by atoms with E-state index in [0.29, 0.717) is 18.0 Å². The SMILES string of the molecule is CC(C)CCNC1CC(C(C)O)CN(C(C)C)C1. The van der Waals surface area contributed by atoms with E-state index in [9.17, 15) is 5.11 Å². The van der Waals surface area contributed by atoms with E-state index in [2.05, 4.69) is 37.9 Å². The number of hydrogen-bond donors (Lipinski definition) is 2. The topological polar surface area (TPSA) is 35.5 Å². The van der Waals surface area contributed by atoms with Gasteiger partial charge in [0.15, 0.2) is 0 Å². The molecule has 0 amide bonds. The predicted octanol–water partition coefficient (Wildman–Crippen LogP) is 2.10. The minimum absolute atomic E-state index is 0.194. The molecule has 1 aliphatic rings. The summed E-state index contributed by atoms with van der Waals surface area (Å²) >= 11 is 0. The number of nitrogens with zero attached hydrogens (tertiary/aromatic N) is 1. The molecule has 18 heavy (non-hydrogen) atoms. The van der Waals surface area contributed by atoms with Gasteiger partial charge in [0.05, 0.1) is 6.10 Å². The van der Waals surface area contributed by atoms with Crippen molar-refractivity contribution < 1.29 is 5.11 Å². The van der Waals surface area contributed by atoms with Gasteiger partial charge in [-0.1, -0.05) is 13.8 Å². The molecule has 0 aliphatic carbocycles. The molecule has 0 aromatic heterocycles. The summed E-state index contributed by atoms with van der Waals surface area (Å²) in [5.41, 5.74) is 0. The first-order valence-corrected chi connectivity index (χ1v) is 7.55. The van der Waals surface area contributed by atoms with Gasteiger partial charge in [-0.25, -0.2) is 0 Å². The predicted molar refractivity (Wildman–Crippen MR) is 77.7 cm³/mol. The highest BCUT2D eigenvalue weighted by Gasteiger charge is 2.30. The Balaban J connectivity index is 2.45. The maximum atomic E-state index is 9.85. The summed E-state index contributed by atoms with van der Waals surface area (Å²) in [6.07, 6.45) is 2.15. The summed E-state index contributed by atoms with van der Waals surface area (Å²) in [5.74, 6) is 1.17. The van der Waals surface area contributed by atoms with Crippen LogP contribution in [0.3, 0.4) is 0 Å². The minimum Gasteiger partial charge on any atom is -0.393 e. The molecule has 1 saturated heterocycles. The lowest BCUT2D eigenvalue weighted by Crippen LogP contribution is -2.53. The summed E-state index contributed by atoms with van der Waals surface area (Å²) in [4.78, 5) is 2.49. The third-order valence-corrected chi connectivity index (χ3v) is 4.08. The first kappa shape index (κ1) is 15.9. The number of aliphatic hydroxyl groups is 1.